The van der Waals surface area contributed by atoms with Crippen molar-refractivity contribution in [3.05, 3.63) is 71.3 Å². The molecule has 0 aromatic heterocycles. The van der Waals surface area contributed by atoms with Gasteiger partial charge in [-0.15, -0.1) is 0 Å². The van der Waals surface area contributed by atoms with E-state index < -0.39 is 0 Å². The maximum Gasteiger partial charge on any atom is 0.0790 e. The van der Waals surface area contributed by atoms with Gasteiger partial charge in [-0.05, 0) is 29.2 Å². The molecule has 2 rings (SSSR count). The zero-order chi connectivity index (χ0) is 14.9. The number of benzene rings is 2. The van der Waals surface area contributed by atoms with Crippen molar-refractivity contribution in [2.24, 2.45) is 0 Å². The van der Waals surface area contributed by atoms with Gasteiger partial charge in [0.15, 0.2) is 0 Å². The Morgan fingerprint density at radius 1 is 0.905 bits per heavy atom. The predicted octanol–water partition coefficient (Wildman–Crippen LogP) is 5.47. The highest BCUT2D eigenvalue weighted by Crippen LogP contribution is 2.21. The quantitative estimate of drug-likeness (QED) is 0.526. The van der Waals surface area contributed by atoms with E-state index >= 15 is 0 Å². The highest BCUT2D eigenvalue weighted by atomic mass is 16.3. The van der Waals surface area contributed by atoms with Crippen LogP contribution in [0.5, 0.6) is 0 Å². The van der Waals surface area contributed by atoms with Crippen molar-refractivity contribution < 1.29 is 5.11 Å². The van der Waals surface area contributed by atoms with Crippen molar-refractivity contribution >= 4 is 12.2 Å². The van der Waals surface area contributed by atoms with Crippen LogP contribution in [-0.2, 0) is 0 Å². The summed E-state index contributed by atoms with van der Waals surface area (Å²) in [4.78, 5) is 0. The Labute approximate surface area is 128 Å². The first kappa shape index (κ1) is 15.5. The normalized spacial score (nSPS) is 12.7. The Morgan fingerprint density at radius 3 is 2.38 bits per heavy atom. The molecule has 0 heterocycles. The molecule has 0 fully saturated rings. The molecule has 0 saturated heterocycles. The van der Waals surface area contributed by atoms with Gasteiger partial charge in [-0.1, -0.05) is 86.9 Å². The number of hydrogen-bond acceptors (Lipinski definition) is 1. The third-order valence-corrected chi connectivity index (χ3v) is 3.64. The maximum absolute atomic E-state index is 10.2. The molecule has 2 aromatic carbocycles. The second-order valence-electron chi connectivity index (χ2n) is 5.43. The van der Waals surface area contributed by atoms with Crippen molar-refractivity contribution in [3.63, 3.8) is 0 Å². The monoisotopic (exact) mass is 280 g/mol. The first-order chi connectivity index (χ1) is 10.3. The van der Waals surface area contributed by atoms with E-state index in [1.54, 1.807) is 0 Å². The Bertz CT molecular complexity index is 557. The summed E-state index contributed by atoms with van der Waals surface area (Å²) in [7, 11) is 0. The van der Waals surface area contributed by atoms with Gasteiger partial charge in [0.2, 0.25) is 0 Å². The van der Waals surface area contributed by atoms with Gasteiger partial charge in [-0.3, -0.25) is 0 Å². The molecule has 0 aliphatic carbocycles. The molecule has 0 unspecified atom stereocenters. The summed E-state index contributed by atoms with van der Waals surface area (Å²) in [6.07, 6.45) is 8.15. The third-order valence-electron chi connectivity index (χ3n) is 3.64. The minimum Gasteiger partial charge on any atom is -0.388 e. The van der Waals surface area contributed by atoms with Crippen LogP contribution in [0.4, 0.5) is 0 Å². The lowest BCUT2D eigenvalue weighted by atomic mass is 10.0. The van der Waals surface area contributed by atoms with Gasteiger partial charge in [0.25, 0.3) is 0 Å². The second kappa shape index (κ2) is 8.43. The molecule has 1 heteroatoms. The Kier molecular flexibility index (Phi) is 6.23. The van der Waals surface area contributed by atoms with Gasteiger partial charge in [-0.25, -0.2) is 0 Å². The standard InChI is InChI=1S/C20H24O/c1-2-3-5-13-20(21)19-12-8-11-18(16-19)15-14-17-9-6-4-7-10-17/h4,6-12,14-16,20-21H,2-3,5,13H2,1H3/b15-14+/t20-/m1/s1. The molecule has 2 aromatic rings. The van der Waals surface area contributed by atoms with E-state index in [0.717, 1.165) is 24.0 Å². The highest BCUT2D eigenvalue weighted by Gasteiger charge is 2.06. The molecular weight excluding hydrogens is 256 g/mol. The summed E-state index contributed by atoms with van der Waals surface area (Å²) in [5.74, 6) is 0. The smallest absolute Gasteiger partial charge is 0.0790 e. The van der Waals surface area contributed by atoms with Gasteiger partial charge >= 0.3 is 0 Å². The van der Waals surface area contributed by atoms with E-state index in [4.69, 9.17) is 0 Å². The minimum absolute atomic E-state index is 0.346. The highest BCUT2D eigenvalue weighted by molar-refractivity contribution is 5.69. The van der Waals surface area contributed by atoms with Gasteiger partial charge in [-0.2, -0.15) is 0 Å². The predicted molar refractivity (Wildman–Crippen MR) is 90.9 cm³/mol. The van der Waals surface area contributed by atoms with E-state index in [-0.39, 0.29) is 6.10 Å². The van der Waals surface area contributed by atoms with Crippen molar-refractivity contribution in [2.75, 3.05) is 0 Å². The van der Waals surface area contributed by atoms with Crippen LogP contribution in [-0.4, -0.2) is 5.11 Å². The fourth-order valence-corrected chi connectivity index (χ4v) is 2.38. The topological polar surface area (TPSA) is 20.2 Å². The molecule has 0 spiro atoms. The van der Waals surface area contributed by atoms with Gasteiger partial charge in [0, 0.05) is 0 Å². The average molecular weight is 280 g/mol. The summed E-state index contributed by atoms with van der Waals surface area (Å²) < 4.78 is 0. The lowest BCUT2D eigenvalue weighted by Crippen LogP contribution is -1.97. The van der Waals surface area contributed by atoms with Crippen LogP contribution in [0.1, 0.15) is 55.4 Å². The fraction of sp³-hybridized carbons (Fsp3) is 0.300. The zero-order valence-electron chi connectivity index (χ0n) is 12.7. The molecule has 0 aliphatic rings. The molecule has 0 bridgehead atoms. The van der Waals surface area contributed by atoms with E-state index in [1.807, 2.05) is 30.3 Å². The van der Waals surface area contributed by atoms with E-state index in [1.165, 1.54) is 18.4 Å². The lowest BCUT2D eigenvalue weighted by molar-refractivity contribution is 0.163. The first-order valence-electron chi connectivity index (χ1n) is 7.80. The summed E-state index contributed by atoms with van der Waals surface area (Å²) in [6.45, 7) is 2.18. The number of rotatable bonds is 7. The number of hydrogen-bond donors (Lipinski definition) is 1. The molecule has 0 aliphatic heterocycles. The molecule has 0 amide bonds. The third kappa shape index (κ3) is 5.20. The molecule has 21 heavy (non-hydrogen) atoms. The first-order valence-corrected chi connectivity index (χ1v) is 7.80. The number of aliphatic hydroxyl groups excluding tert-OH is 1. The zero-order valence-corrected chi connectivity index (χ0v) is 12.7. The van der Waals surface area contributed by atoms with E-state index in [2.05, 4.69) is 43.3 Å². The maximum atomic E-state index is 10.2. The number of unbranched alkanes of at least 4 members (excludes halogenated alkanes) is 2. The average Bonchev–Trinajstić information content (AvgIpc) is 2.54. The molecule has 1 N–H and O–H groups in total. The summed E-state index contributed by atoms with van der Waals surface area (Å²) in [5.41, 5.74) is 3.33. The lowest BCUT2D eigenvalue weighted by Gasteiger charge is -2.11. The van der Waals surface area contributed by atoms with Crippen LogP contribution in [0.2, 0.25) is 0 Å². The summed E-state index contributed by atoms with van der Waals surface area (Å²) in [6, 6.07) is 18.4. The summed E-state index contributed by atoms with van der Waals surface area (Å²) >= 11 is 0. The van der Waals surface area contributed by atoms with Crippen LogP contribution >= 0.6 is 0 Å². The Hall–Kier alpha value is -1.86. The van der Waals surface area contributed by atoms with Crippen LogP contribution in [0, 0.1) is 0 Å². The van der Waals surface area contributed by atoms with E-state index in [9.17, 15) is 5.11 Å². The van der Waals surface area contributed by atoms with Crippen molar-refractivity contribution in [3.8, 4) is 0 Å². The fourth-order valence-electron chi connectivity index (χ4n) is 2.38. The SMILES string of the molecule is CCCCC[C@@H](O)c1cccc(/C=C/c2ccccc2)c1. The van der Waals surface area contributed by atoms with Crippen LogP contribution < -0.4 is 0 Å². The molecule has 0 saturated carbocycles. The molecule has 1 nitrogen and oxygen atoms in total. The molecular formula is C20H24O. The van der Waals surface area contributed by atoms with Crippen LogP contribution in [0.3, 0.4) is 0 Å². The molecule has 110 valence electrons. The minimum atomic E-state index is -0.346. The largest absolute Gasteiger partial charge is 0.388 e. The Morgan fingerprint density at radius 2 is 1.62 bits per heavy atom. The van der Waals surface area contributed by atoms with Gasteiger partial charge in [0.05, 0.1) is 6.10 Å². The van der Waals surface area contributed by atoms with Crippen molar-refractivity contribution in [2.45, 2.75) is 38.7 Å². The van der Waals surface area contributed by atoms with E-state index in [0.29, 0.717) is 0 Å². The summed E-state index contributed by atoms with van der Waals surface area (Å²) in [5, 5.41) is 10.2. The number of aliphatic hydroxyl groups is 1. The van der Waals surface area contributed by atoms with Crippen LogP contribution in [0.15, 0.2) is 54.6 Å². The van der Waals surface area contributed by atoms with Gasteiger partial charge < -0.3 is 5.11 Å². The van der Waals surface area contributed by atoms with Gasteiger partial charge in [0.1, 0.15) is 0 Å². The molecule has 0 radical (unpaired) electrons. The molecule has 1 atom stereocenters. The van der Waals surface area contributed by atoms with Crippen LogP contribution in [0.25, 0.3) is 12.2 Å². The second-order valence-corrected chi connectivity index (χ2v) is 5.43. The Balaban J connectivity index is 2.02. The van der Waals surface area contributed by atoms with Crippen molar-refractivity contribution in [1.29, 1.82) is 0 Å². The van der Waals surface area contributed by atoms with Crippen molar-refractivity contribution in [1.82, 2.24) is 0 Å².